The quantitative estimate of drug-likeness (QED) is 0.694. The summed E-state index contributed by atoms with van der Waals surface area (Å²) in [5.74, 6) is 3.14. The van der Waals surface area contributed by atoms with Crippen molar-refractivity contribution < 1.29 is 0 Å². The molecule has 0 saturated carbocycles. The van der Waals surface area contributed by atoms with Crippen LogP contribution in [0, 0.1) is 5.92 Å². The van der Waals surface area contributed by atoms with E-state index in [2.05, 4.69) is 49.5 Å². The van der Waals surface area contributed by atoms with Gasteiger partial charge in [0.05, 0.1) is 0 Å². The molecule has 0 aliphatic rings. The molecule has 1 aromatic carbocycles. The predicted octanol–water partition coefficient (Wildman–Crippen LogP) is 3.56. The Hall–Kier alpha value is -0.470. The van der Waals surface area contributed by atoms with Crippen LogP contribution in [-0.2, 0) is 5.75 Å². The highest BCUT2D eigenvalue weighted by molar-refractivity contribution is 7.98. The van der Waals surface area contributed by atoms with Crippen LogP contribution < -0.4 is 5.32 Å². The van der Waals surface area contributed by atoms with Gasteiger partial charge in [0, 0.05) is 18.1 Å². The molecule has 0 aliphatic heterocycles. The molecule has 0 atom stereocenters. The molecule has 0 heterocycles. The van der Waals surface area contributed by atoms with Crippen molar-refractivity contribution in [3.63, 3.8) is 0 Å². The summed E-state index contributed by atoms with van der Waals surface area (Å²) in [5, 5.41) is 3.48. The number of nitrogens with one attached hydrogen (secondary N) is 1. The molecule has 0 aliphatic carbocycles. The minimum absolute atomic E-state index is 0.810. The zero-order valence-corrected chi connectivity index (χ0v) is 11.2. The lowest BCUT2D eigenvalue weighted by molar-refractivity contribution is 0.547. The van der Waals surface area contributed by atoms with Gasteiger partial charge in [0.2, 0.25) is 0 Å². The molecule has 1 nitrogen and oxygen atoms in total. The highest BCUT2D eigenvalue weighted by atomic mass is 32.2. The van der Waals surface area contributed by atoms with Crippen molar-refractivity contribution in [1.82, 2.24) is 5.32 Å². The normalized spacial score (nSPS) is 10.9. The molecule has 90 valence electrons. The summed E-state index contributed by atoms with van der Waals surface area (Å²) in [4.78, 5) is 0. The van der Waals surface area contributed by atoms with Gasteiger partial charge in [-0.3, -0.25) is 0 Å². The summed E-state index contributed by atoms with van der Waals surface area (Å²) in [6, 6.07) is 10.7. The van der Waals surface area contributed by atoms with E-state index in [0.717, 1.165) is 24.8 Å². The summed E-state index contributed by atoms with van der Waals surface area (Å²) < 4.78 is 0. The van der Waals surface area contributed by atoms with Gasteiger partial charge in [-0.25, -0.2) is 0 Å². The first kappa shape index (κ1) is 13.6. The summed E-state index contributed by atoms with van der Waals surface area (Å²) in [5.41, 5.74) is 1.43. The van der Waals surface area contributed by atoms with Gasteiger partial charge in [-0.1, -0.05) is 44.2 Å². The Morgan fingerprint density at radius 2 is 1.88 bits per heavy atom. The first-order valence-corrected chi connectivity index (χ1v) is 7.27. The lowest BCUT2D eigenvalue weighted by Crippen LogP contribution is -2.19. The zero-order valence-electron chi connectivity index (χ0n) is 10.4. The van der Waals surface area contributed by atoms with E-state index in [-0.39, 0.29) is 0 Å². The Morgan fingerprint density at radius 1 is 1.12 bits per heavy atom. The first-order chi connectivity index (χ1) is 7.79. The minimum atomic E-state index is 0.810. The fourth-order valence-electron chi connectivity index (χ4n) is 1.42. The van der Waals surface area contributed by atoms with E-state index in [9.17, 15) is 0 Å². The van der Waals surface area contributed by atoms with Gasteiger partial charge in [-0.15, -0.1) is 0 Å². The lowest BCUT2D eigenvalue weighted by atomic mass is 10.1. The maximum Gasteiger partial charge on any atom is 0.0185 e. The Bertz CT molecular complexity index is 259. The van der Waals surface area contributed by atoms with Gasteiger partial charge in [0.1, 0.15) is 0 Å². The minimum Gasteiger partial charge on any atom is -0.316 e. The van der Waals surface area contributed by atoms with Gasteiger partial charge in [-0.05, 0) is 24.4 Å². The second kappa shape index (κ2) is 8.66. The van der Waals surface area contributed by atoms with Crippen LogP contribution in [0.25, 0.3) is 0 Å². The number of hydrogen-bond donors (Lipinski definition) is 1. The Morgan fingerprint density at radius 3 is 2.56 bits per heavy atom. The van der Waals surface area contributed by atoms with Crippen LogP contribution in [0.4, 0.5) is 0 Å². The molecule has 16 heavy (non-hydrogen) atoms. The van der Waals surface area contributed by atoms with Crippen LogP contribution in [-0.4, -0.2) is 18.8 Å². The summed E-state index contributed by atoms with van der Waals surface area (Å²) in [6.45, 7) is 6.82. The van der Waals surface area contributed by atoms with Crippen molar-refractivity contribution >= 4 is 11.8 Å². The van der Waals surface area contributed by atoms with E-state index in [4.69, 9.17) is 0 Å². The highest BCUT2D eigenvalue weighted by Gasteiger charge is 1.94. The smallest absolute Gasteiger partial charge is 0.0185 e. The van der Waals surface area contributed by atoms with E-state index >= 15 is 0 Å². The number of thioether (sulfide) groups is 1. The van der Waals surface area contributed by atoms with E-state index in [1.165, 1.54) is 17.7 Å². The number of hydrogen-bond acceptors (Lipinski definition) is 2. The van der Waals surface area contributed by atoms with Crippen molar-refractivity contribution in [2.75, 3.05) is 18.8 Å². The average Bonchev–Trinajstić information content (AvgIpc) is 2.29. The molecule has 0 fully saturated rings. The average molecular weight is 237 g/mol. The summed E-state index contributed by atoms with van der Waals surface area (Å²) in [7, 11) is 0. The third-order valence-corrected chi connectivity index (χ3v) is 3.46. The molecule has 0 radical (unpaired) electrons. The Balaban J connectivity index is 1.93. The molecule has 1 N–H and O–H groups in total. The monoisotopic (exact) mass is 237 g/mol. The van der Waals surface area contributed by atoms with Crippen LogP contribution in [0.2, 0.25) is 0 Å². The number of benzene rings is 1. The third-order valence-electron chi connectivity index (χ3n) is 2.43. The largest absolute Gasteiger partial charge is 0.316 e. The Labute approximate surface area is 104 Å². The predicted molar refractivity (Wildman–Crippen MR) is 74.9 cm³/mol. The van der Waals surface area contributed by atoms with E-state index in [0.29, 0.717) is 0 Å². The van der Waals surface area contributed by atoms with E-state index in [1.54, 1.807) is 0 Å². The van der Waals surface area contributed by atoms with Crippen molar-refractivity contribution in [3.8, 4) is 0 Å². The molecule has 0 saturated heterocycles. The first-order valence-electron chi connectivity index (χ1n) is 6.11. The van der Waals surface area contributed by atoms with Gasteiger partial charge in [0.25, 0.3) is 0 Å². The lowest BCUT2D eigenvalue weighted by Gasteiger charge is -2.06. The van der Waals surface area contributed by atoms with Crippen molar-refractivity contribution in [2.45, 2.75) is 26.0 Å². The summed E-state index contributed by atoms with van der Waals surface area (Å²) in [6.07, 6.45) is 1.28. The molecule has 0 amide bonds. The van der Waals surface area contributed by atoms with Crippen LogP contribution in [0.3, 0.4) is 0 Å². The van der Waals surface area contributed by atoms with E-state index < -0.39 is 0 Å². The van der Waals surface area contributed by atoms with Crippen LogP contribution in [0.15, 0.2) is 30.3 Å². The Kier molecular flexibility index (Phi) is 7.35. The van der Waals surface area contributed by atoms with Crippen molar-refractivity contribution in [3.05, 3.63) is 35.9 Å². The second-order valence-corrected chi connectivity index (χ2v) is 5.58. The molecule has 1 rings (SSSR count). The number of rotatable bonds is 8. The standard InChI is InChI=1S/C14H23NS/c1-13(2)8-9-15-10-11-16-12-14-6-4-3-5-7-14/h3-7,13,15H,8-12H2,1-2H3. The maximum absolute atomic E-state index is 3.48. The van der Waals surface area contributed by atoms with Crippen molar-refractivity contribution in [2.24, 2.45) is 5.92 Å². The highest BCUT2D eigenvalue weighted by Crippen LogP contribution is 2.10. The van der Waals surface area contributed by atoms with Crippen LogP contribution in [0.5, 0.6) is 0 Å². The third kappa shape index (κ3) is 6.91. The fraction of sp³-hybridized carbons (Fsp3) is 0.571. The topological polar surface area (TPSA) is 12.0 Å². The molecular formula is C14H23NS. The molecule has 0 aromatic heterocycles. The SMILES string of the molecule is CC(C)CCNCCSCc1ccccc1. The van der Waals surface area contributed by atoms with E-state index in [1.807, 2.05) is 11.8 Å². The van der Waals surface area contributed by atoms with Crippen molar-refractivity contribution in [1.29, 1.82) is 0 Å². The van der Waals surface area contributed by atoms with Crippen LogP contribution in [0.1, 0.15) is 25.8 Å². The van der Waals surface area contributed by atoms with Crippen LogP contribution >= 0.6 is 11.8 Å². The maximum atomic E-state index is 3.48. The summed E-state index contributed by atoms with van der Waals surface area (Å²) >= 11 is 2.00. The molecule has 2 heteroatoms. The van der Waals surface area contributed by atoms with Gasteiger partial charge in [-0.2, -0.15) is 11.8 Å². The fourth-order valence-corrected chi connectivity index (χ4v) is 2.29. The van der Waals surface area contributed by atoms with Gasteiger partial charge in [0.15, 0.2) is 0 Å². The molecule has 0 spiro atoms. The molecule has 1 aromatic rings. The zero-order chi connectivity index (χ0) is 11.6. The van der Waals surface area contributed by atoms with Gasteiger partial charge < -0.3 is 5.32 Å². The van der Waals surface area contributed by atoms with Gasteiger partial charge >= 0.3 is 0 Å². The second-order valence-electron chi connectivity index (χ2n) is 4.47. The molecule has 0 bridgehead atoms. The molecule has 0 unspecified atom stereocenters. The molecular weight excluding hydrogens is 214 g/mol.